The molecule has 0 radical (unpaired) electrons. The molecule has 4 heteroatoms. The van der Waals surface area contributed by atoms with Crippen LogP contribution in [0.1, 0.15) is 0 Å². The summed E-state index contributed by atoms with van der Waals surface area (Å²) in [5.41, 5.74) is 6.26. The summed E-state index contributed by atoms with van der Waals surface area (Å²) in [4.78, 5) is 12.1. The van der Waals surface area contributed by atoms with E-state index in [0.717, 1.165) is 5.52 Å². The lowest BCUT2D eigenvalue weighted by Gasteiger charge is -2.00. The predicted octanol–water partition coefficient (Wildman–Crippen LogP) is 1.85. The van der Waals surface area contributed by atoms with Gasteiger partial charge >= 0.3 is 0 Å². The normalized spacial score (nSPS) is 10.7. The third kappa shape index (κ3) is 1.85. The van der Waals surface area contributed by atoms with E-state index in [0.29, 0.717) is 0 Å². The van der Waals surface area contributed by atoms with Crippen molar-refractivity contribution in [2.45, 2.75) is 11.4 Å². The van der Waals surface area contributed by atoms with Crippen LogP contribution in [0.15, 0.2) is 35.4 Å². The lowest BCUT2D eigenvalue weighted by Crippen LogP contribution is -2.17. The highest BCUT2D eigenvalue weighted by Crippen LogP contribution is 2.27. The number of hydrogen-bond donors (Lipinski definition) is 1. The molecule has 1 amide bonds. The number of benzene rings is 1. The number of fused-ring (bicyclic) bond motifs is 1. The van der Waals surface area contributed by atoms with Crippen molar-refractivity contribution in [2.24, 2.45) is 5.73 Å². The number of primary amides is 1. The van der Waals surface area contributed by atoms with Gasteiger partial charge in [0.25, 0.3) is 0 Å². The van der Waals surface area contributed by atoms with Crippen LogP contribution < -0.4 is 5.73 Å². The predicted molar refractivity (Wildman–Crippen MR) is 62.9 cm³/mol. The SMILES string of the molecule is CSc1cn(CC(N)=O)c2ccccc12. The first-order valence-corrected chi connectivity index (χ1v) is 5.85. The van der Waals surface area contributed by atoms with Gasteiger partial charge in [0.15, 0.2) is 0 Å². The molecule has 0 aliphatic heterocycles. The maximum Gasteiger partial charge on any atom is 0.237 e. The molecule has 0 aliphatic carbocycles. The van der Waals surface area contributed by atoms with E-state index in [9.17, 15) is 4.79 Å². The average Bonchev–Trinajstić information content (AvgIpc) is 2.56. The quantitative estimate of drug-likeness (QED) is 0.802. The van der Waals surface area contributed by atoms with Crippen LogP contribution in [0.3, 0.4) is 0 Å². The Morgan fingerprint density at radius 1 is 1.47 bits per heavy atom. The number of carbonyl (C=O) groups is 1. The first-order chi connectivity index (χ1) is 7.22. The highest BCUT2D eigenvalue weighted by atomic mass is 32.2. The summed E-state index contributed by atoms with van der Waals surface area (Å²) in [6, 6.07) is 8.01. The van der Waals surface area contributed by atoms with Crippen molar-refractivity contribution in [1.29, 1.82) is 0 Å². The van der Waals surface area contributed by atoms with E-state index in [1.54, 1.807) is 11.8 Å². The van der Waals surface area contributed by atoms with Crippen molar-refractivity contribution < 1.29 is 4.79 Å². The van der Waals surface area contributed by atoms with Crippen molar-refractivity contribution in [2.75, 3.05) is 6.26 Å². The van der Waals surface area contributed by atoms with E-state index in [-0.39, 0.29) is 12.5 Å². The van der Waals surface area contributed by atoms with Crippen LogP contribution in [0.2, 0.25) is 0 Å². The molecule has 0 atom stereocenters. The summed E-state index contributed by atoms with van der Waals surface area (Å²) >= 11 is 1.67. The summed E-state index contributed by atoms with van der Waals surface area (Å²) in [5.74, 6) is -0.316. The van der Waals surface area contributed by atoms with Gasteiger partial charge < -0.3 is 10.3 Å². The van der Waals surface area contributed by atoms with E-state index in [1.165, 1.54) is 10.3 Å². The topological polar surface area (TPSA) is 48.0 Å². The number of rotatable bonds is 3. The summed E-state index contributed by atoms with van der Waals surface area (Å²) in [7, 11) is 0. The monoisotopic (exact) mass is 220 g/mol. The molecule has 0 saturated carbocycles. The second-order valence-corrected chi connectivity index (χ2v) is 4.16. The maximum atomic E-state index is 10.9. The van der Waals surface area contributed by atoms with E-state index in [2.05, 4.69) is 6.07 Å². The van der Waals surface area contributed by atoms with Crippen LogP contribution in [0.5, 0.6) is 0 Å². The zero-order valence-electron chi connectivity index (χ0n) is 8.43. The van der Waals surface area contributed by atoms with Crippen molar-refractivity contribution in [3.63, 3.8) is 0 Å². The Balaban J connectivity index is 2.59. The van der Waals surface area contributed by atoms with Gasteiger partial charge in [0.2, 0.25) is 5.91 Å². The number of carbonyl (C=O) groups excluding carboxylic acids is 1. The molecule has 1 aromatic carbocycles. The van der Waals surface area contributed by atoms with Crippen molar-refractivity contribution in [3.8, 4) is 0 Å². The van der Waals surface area contributed by atoms with Gasteiger partial charge in [-0.15, -0.1) is 11.8 Å². The Morgan fingerprint density at radius 3 is 2.87 bits per heavy atom. The fraction of sp³-hybridized carbons (Fsp3) is 0.182. The van der Waals surface area contributed by atoms with Crippen molar-refractivity contribution in [1.82, 2.24) is 4.57 Å². The van der Waals surface area contributed by atoms with Gasteiger partial charge in [0.05, 0.1) is 0 Å². The molecule has 0 saturated heterocycles. The van der Waals surface area contributed by atoms with Gasteiger partial charge in [-0.3, -0.25) is 4.79 Å². The van der Waals surface area contributed by atoms with Crippen LogP contribution in [-0.2, 0) is 11.3 Å². The molecule has 0 spiro atoms. The molecule has 1 aromatic heterocycles. The first kappa shape index (κ1) is 10.1. The molecular weight excluding hydrogens is 208 g/mol. The minimum Gasteiger partial charge on any atom is -0.368 e. The van der Waals surface area contributed by atoms with Gasteiger partial charge in [0, 0.05) is 22.0 Å². The molecular formula is C11H12N2OS. The minimum atomic E-state index is -0.316. The number of thioether (sulfide) groups is 1. The van der Waals surface area contributed by atoms with Crippen LogP contribution in [0.4, 0.5) is 0 Å². The number of nitrogens with two attached hydrogens (primary N) is 1. The molecule has 78 valence electrons. The zero-order valence-corrected chi connectivity index (χ0v) is 9.25. The lowest BCUT2D eigenvalue weighted by atomic mass is 10.2. The average molecular weight is 220 g/mol. The third-order valence-electron chi connectivity index (χ3n) is 2.30. The van der Waals surface area contributed by atoms with Crippen LogP contribution in [-0.4, -0.2) is 16.7 Å². The van der Waals surface area contributed by atoms with E-state index < -0.39 is 0 Å². The van der Waals surface area contributed by atoms with Gasteiger partial charge in [-0.25, -0.2) is 0 Å². The third-order valence-corrected chi connectivity index (χ3v) is 3.06. The number of hydrogen-bond acceptors (Lipinski definition) is 2. The summed E-state index contributed by atoms with van der Waals surface area (Å²) in [6.07, 6.45) is 4.00. The lowest BCUT2D eigenvalue weighted by molar-refractivity contribution is -0.118. The molecule has 15 heavy (non-hydrogen) atoms. The second kappa shape index (κ2) is 3.98. The fourth-order valence-electron chi connectivity index (χ4n) is 1.67. The largest absolute Gasteiger partial charge is 0.368 e. The van der Waals surface area contributed by atoms with E-state index in [1.807, 2.05) is 35.2 Å². The molecule has 0 bridgehead atoms. The Kier molecular flexibility index (Phi) is 2.68. The zero-order chi connectivity index (χ0) is 10.8. The molecule has 0 fully saturated rings. The van der Waals surface area contributed by atoms with Crippen LogP contribution in [0.25, 0.3) is 10.9 Å². The Bertz CT molecular complexity index is 504. The second-order valence-electron chi connectivity index (χ2n) is 3.31. The molecule has 2 rings (SSSR count). The Morgan fingerprint density at radius 2 is 2.20 bits per heavy atom. The number of aromatic nitrogens is 1. The Hall–Kier alpha value is -1.42. The maximum absolute atomic E-state index is 10.9. The summed E-state index contributed by atoms with van der Waals surface area (Å²) < 4.78 is 1.89. The van der Waals surface area contributed by atoms with Gasteiger partial charge in [0.1, 0.15) is 6.54 Å². The molecule has 0 unspecified atom stereocenters. The number of para-hydroxylation sites is 1. The van der Waals surface area contributed by atoms with Gasteiger partial charge in [-0.2, -0.15) is 0 Å². The van der Waals surface area contributed by atoms with Crippen molar-refractivity contribution in [3.05, 3.63) is 30.5 Å². The fourth-order valence-corrected chi connectivity index (χ4v) is 2.30. The smallest absolute Gasteiger partial charge is 0.237 e. The van der Waals surface area contributed by atoms with E-state index >= 15 is 0 Å². The highest BCUT2D eigenvalue weighted by molar-refractivity contribution is 7.98. The van der Waals surface area contributed by atoms with E-state index in [4.69, 9.17) is 5.73 Å². The number of amides is 1. The molecule has 0 aliphatic rings. The molecule has 3 nitrogen and oxygen atoms in total. The molecule has 1 heterocycles. The Labute approximate surface area is 92.3 Å². The summed E-state index contributed by atoms with van der Waals surface area (Å²) in [5, 5.41) is 1.17. The first-order valence-electron chi connectivity index (χ1n) is 4.62. The minimum absolute atomic E-state index is 0.237. The van der Waals surface area contributed by atoms with Gasteiger partial charge in [-0.1, -0.05) is 18.2 Å². The van der Waals surface area contributed by atoms with Crippen LogP contribution in [0, 0.1) is 0 Å². The number of nitrogens with zero attached hydrogens (tertiary/aromatic N) is 1. The molecule has 2 aromatic rings. The summed E-state index contributed by atoms with van der Waals surface area (Å²) in [6.45, 7) is 0.237. The standard InChI is InChI=1S/C11H12N2OS/c1-15-10-6-13(7-11(12)14)9-5-3-2-4-8(9)10/h2-6H,7H2,1H3,(H2,12,14). The van der Waals surface area contributed by atoms with Gasteiger partial charge in [-0.05, 0) is 12.3 Å². The highest BCUT2D eigenvalue weighted by Gasteiger charge is 2.07. The molecule has 2 N–H and O–H groups in total. The van der Waals surface area contributed by atoms with Crippen LogP contribution >= 0.6 is 11.8 Å². The van der Waals surface area contributed by atoms with Crippen molar-refractivity contribution >= 4 is 28.6 Å².